The molecule has 1 amide bonds. The number of fused-ring (bicyclic) bond motifs is 1. The van der Waals surface area contributed by atoms with Gasteiger partial charge in [-0.3, -0.25) is 10.1 Å². The lowest BCUT2D eigenvalue weighted by Crippen LogP contribution is -2.12. The van der Waals surface area contributed by atoms with Gasteiger partial charge in [-0.25, -0.2) is 4.39 Å². The molecule has 0 atom stereocenters. The van der Waals surface area contributed by atoms with Crippen LogP contribution in [0, 0.1) is 5.82 Å². The van der Waals surface area contributed by atoms with Gasteiger partial charge in [0.1, 0.15) is 5.82 Å². The van der Waals surface area contributed by atoms with Crippen LogP contribution < -0.4 is 14.8 Å². The fraction of sp³-hybridized carbons (Fsp3) is 0.211. The summed E-state index contributed by atoms with van der Waals surface area (Å²) in [6.45, 7) is 0.217. The van der Waals surface area contributed by atoms with E-state index in [2.05, 4.69) is 15.5 Å². The summed E-state index contributed by atoms with van der Waals surface area (Å²) in [7, 11) is 0. The number of anilines is 1. The number of hydrogen-bond donors (Lipinski definition) is 1. The van der Waals surface area contributed by atoms with Crippen LogP contribution in [0.4, 0.5) is 10.4 Å². The minimum atomic E-state index is -0.282. The lowest BCUT2D eigenvalue weighted by atomic mass is 10.1. The quantitative estimate of drug-likeness (QED) is 0.605. The summed E-state index contributed by atoms with van der Waals surface area (Å²) in [5.41, 5.74) is 0.932. The number of halogens is 1. The van der Waals surface area contributed by atoms with E-state index < -0.39 is 0 Å². The molecule has 0 saturated carbocycles. The summed E-state index contributed by atoms with van der Waals surface area (Å²) in [5.74, 6) is 1.82. The third-order valence-electron chi connectivity index (χ3n) is 3.92. The Labute approximate surface area is 164 Å². The molecule has 2 heterocycles. The Morgan fingerprint density at radius 3 is 2.79 bits per heavy atom. The molecule has 4 rings (SSSR count). The predicted octanol–water partition coefficient (Wildman–Crippen LogP) is 3.65. The highest BCUT2D eigenvalue weighted by Crippen LogP contribution is 2.33. The second-order valence-corrected chi connectivity index (χ2v) is 7.13. The minimum Gasteiger partial charge on any atom is -0.454 e. The number of ether oxygens (including phenoxy) is 2. The van der Waals surface area contributed by atoms with E-state index in [4.69, 9.17) is 13.9 Å². The molecule has 0 aliphatic carbocycles. The van der Waals surface area contributed by atoms with Gasteiger partial charge in [0.15, 0.2) is 11.5 Å². The summed E-state index contributed by atoms with van der Waals surface area (Å²) in [6.07, 6.45) is 0.682. The summed E-state index contributed by atoms with van der Waals surface area (Å²) in [6, 6.07) is 11.8. The number of hydrogen-bond acceptors (Lipinski definition) is 7. The number of nitrogens with zero attached hydrogens (tertiary/aromatic N) is 2. The van der Waals surface area contributed by atoms with Gasteiger partial charge in [0.2, 0.25) is 18.6 Å². The van der Waals surface area contributed by atoms with E-state index >= 15 is 0 Å². The van der Waals surface area contributed by atoms with Crippen LogP contribution in [0.25, 0.3) is 0 Å². The number of carbonyl (C=O) groups is 1. The van der Waals surface area contributed by atoms with Crippen molar-refractivity contribution in [2.45, 2.75) is 17.7 Å². The van der Waals surface area contributed by atoms with E-state index in [-0.39, 0.29) is 31.0 Å². The number of nitrogens with one attached hydrogen (secondary N) is 1. The molecular formula is C19H16FN3O4S. The third-order valence-corrected chi connectivity index (χ3v) is 4.93. The molecule has 0 unspecified atom stereocenters. The first kappa shape index (κ1) is 18.3. The Morgan fingerprint density at radius 2 is 1.93 bits per heavy atom. The number of benzene rings is 2. The van der Waals surface area contributed by atoms with Gasteiger partial charge in [0.05, 0.1) is 6.42 Å². The fourth-order valence-electron chi connectivity index (χ4n) is 2.58. The lowest BCUT2D eigenvalue weighted by molar-refractivity contribution is -0.115. The number of thioether (sulfide) groups is 1. The van der Waals surface area contributed by atoms with Gasteiger partial charge < -0.3 is 13.9 Å². The zero-order valence-electron chi connectivity index (χ0n) is 14.7. The molecule has 1 aliphatic heterocycles. The first-order valence-corrected chi connectivity index (χ1v) is 9.53. The van der Waals surface area contributed by atoms with Crippen LogP contribution in [0.3, 0.4) is 0 Å². The first-order chi connectivity index (χ1) is 13.7. The number of carbonyl (C=O) groups excluding carboxylic acids is 1. The zero-order chi connectivity index (χ0) is 19.3. The van der Waals surface area contributed by atoms with Gasteiger partial charge in [0, 0.05) is 17.1 Å². The molecule has 2 aromatic carbocycles. The van der Waals surface area contributed by atoms with E-state index in [1.165, 1.54) is 23.9 Å². The van der Waals surface area contributed by atoms with Crippen LogP contribution in [0.1, 0.15) is 17.9 Å². The Bertz CT molecular complexity index is 978. The van der Waals surface area contributed by atoms with Crippen LogP contribution in [0.5, 0.6) is 11.5 Å². The van der Waals surface area contributed by atoms with Crippen molar-refractivity contribution in [2.24, 2.45) is 0 Å². The summed E-state index contributed by atoms with van der Waals surface area (Å²) < 4.78 is 29.0. The van der Waals surface area contributed by atoms with Crippen molar-refractivity contribution in [1.82, 2.24) is 10.2 Å². The highest BCUT2D eigenvalue weighted by Gasteiger charge is 2.15. The first-order valence-electron chi connectivity index (χ1n) is 8.55. The lowest BCUT2D eigenvalue weighted by Gasteiger charge is -2.02. The Morgan fingerprint density at radius 1 is 1.11 bits per heavy atom. The van der Waals surface area contributed by atoms with Crippen molar-refractivity contribution in [3.05, 3.63) is 59.7 Å². The standard InChI is InChI=1S/C19H16FN3O4S/c20-13-2-4-14(5-3-13)28-8-7-17(24)21-19-23-22-18(27-19)10-12-1-6-15-16(9-12)26-11-25-15/h1-6,9H,7-8,10-11H2,(H,21,23,24). The average molecular weight is 401 g/mol. The van der Waals surface area contributed by atoms with Gasteiger partial charge in [-0.1, -0.05) is 11.2 Å². The summed E-state index contributed by atoms with van der Waals surface area (Å²) in [5, 5.41) is 10.4. The average Bonchev–Trinajstić information content (AvgIpc) is 3.32. The van der Waals surface area contributed by atoms with E-state index in [1.54, 1.807) is 12.1 Å². The van der Waals surface area contributed by atoms with E-state index in [9.17, 15) is 9.18 Å². The minimum absolute atomic E-state index is 0.0625. The maximum absolute atomic E-state index is 12.9. The van der Waals surface area contributed by atoms with Gasteiger partial charge in [-0.05, 0) is 42.0 Å². The smallest absolute Gasteiger partial charge is 0.322 e. The molecule has 1 N–H and O–H groups in total. The van der Waals surface area contributed by atoms with Crippen molar-refractivity contribution >= 4 is 23.7 Å². The second kappa shape index (κ2) is 8.30. The van der Waals surface area contributed by atoms with Crippen LogP contribution in [-0.2, 0) is 11.2 Å². The second-order valence-electron chi connectivity index (χ2n) is 5.97. The molecule has 3 aromatic rings. The molecular weight excluding hydrogens is 385 g/mol. The molecule has 7 nitrogen and oxygen atoms in total. The van der Waals surface area contributed by atoms with Crippen LogP contribution in [0.2, 0.25) is 0 Å². The Hall–Kier alpha value is -3.07. The normalized spacial score (nSPS) is 12.2. The fourth-order valence-corrected chi connectivity index (χ4v) is 3.43. The SMILES string of the molecule is O=C(CCSc1ccc(F)cc1)Nc1nnc(Cc2ccc3c(c2)OCO3)o1. The Kier molecular flexibility index (Phi) is 5.43. The predicted molar refractivity (Wildman–Crippen MR) is 100 cm³/mol. The summed E-state index contributed by atoms with van der Waals surface area (Å²) in [4.78, 5) is 12.9. The van der Waals surface area contributed by atoms with Gasteiger partial charge in [0.25, 0.3) is 0 Å². The molecule has 9 heteroatoms. The van der Waals surface area contributed by atoms with Crippen molar-refractivity contribution in [1.29, 1.82) is 0 Å². The number of aromatic nitrogens is 2. The topological polar surface area (TPSA) is 86.5 Å². The molecule has 0 bridgehead atoms. The molecule has 0 saturated heterocycles. The number of amides is 1. The van der Waals surface area contributed by atoms with Gasteiger partial charge >= 0.3 is 6.01 Å². The summed E-state index contributed by atoms with van der Waals surface area (Å²) >= 11 is 1.47. The largest absolute Gasteiger partial charge is 0.454 e. The molecule has 0 spiro atoms. The van der Waals surface area contributed by atoms with Gasteiger partial charge in [-0.15, -0.1) is 16.9 Å². The zero-order valence-corrected chi connectivity index (χ0v) is 15.5. The van der Waals surface area contributed by atoms with E-state index in [0.717, 1.165) is 10.5 Å². The third kappa shape index (κ3) is 4.61. The molecule has 0 fully saturated rings. The molecule has 0 radical (unpaired) electrons. The van der Waals surface area contributed by atoms with E-state index in [0.29, 0.717) is 29.6 Å². The van der Waals surface area contributed by atoms with Crippen molar-refractivity contribution < 1.29 is 23.1 Å². The molecule has 1 aromatic heterocycles. The monoisotopic (exact) mass is 401 g/mol. The van der Waals surface area contributed by atoms with Crippen LogP contribution in [0.15, 0.2) is 51.8 Å². The van der Waals surface area contributed by atoms with Crippen molar-refractivity contribution in [2.75, 3.05) is 17.9 Å². The maximum Gasteiger partial charge on any atom is 0.322 e. The maximum atomic E-state index is 12.9. The van der Waals surface area contributed by atoms with Crippen molar-refractivity contribution in [3.8, 4) is 11.5 Å². The van der Waals surface area contributed by atoms with Crippen LogP contribution >= 0.6 is 11.8 Å². The van der Waals surface area contributed by atoms with Crippen molar-refractivity contribution in [3.63, 3.8) is 0 Å². The highest BCUT2D eigenvalue weighted by molar-refractivity contribution is 7.99. The number of rotatable bonds is 7. The molecule has 1 aliphatic rings. The highest BCUT2D eigenvalue weighted by atomic mass is 32.2. The Balaban J connectivity index is 1.26. The van der Waals surface area contributed by atoms with Gasteiger partial charge in [-0.2, -0.15) is 0 Å². The van der Waals surface area contributed by atoms with E-state index in [1.807, 2.05) is 18.2 Å². The molecule has 144 valence electrons. The molecule has 28 heavy (non-hydrogen) atoms. The van der Waals surface area contributed by atoms with Crippen LogP contribution in [-0.4, -0.2) is 28.7 Å².